The number of hydrogen-bond acceptors (Lipinski definition) is 2. The van der Waals surface area contributed by atoms with E-state index in [1.54, 1.807) is 0 Å². The molecule has 0 radical (unpaired) electrons. The number of benzene rings is 1. The standard InChI is InChI=1S/C15H15NO.C2H6/c1-11-8-13(12-4-6-16-7-5-12)10-15(9-11)17-14-2-3-14;1-2/h4-10,14H,2-3H2,1H3;1-2H3. The van der Waals surface area contributed by atoms with E-state index < -0.39 is 0 Å². The van der Waals surface area contributed by atoms with E-state index in [1.807, 2.05) is 38.4 Å². The van der Waals surface area contributed by atoms with Crippen LogP contribution in [0.2, 0.25) is 0 Å². The molecule has 0 unspecified atom stereocenters. The summed E-state index contributed by atoms with van der Waals surface area (Å²) in [6.07, 6.45) is 6.47. The molecule has 0 saturated heterocycles. The van der Waals surface area contributed by atoms with Crippen LogP contribution in [-0.4, -0.2) is 11.1 Å². The number of hydrogen-bond donors (Lipinski definition) is 0. The van der Waals surface area contributed by atoms with Crippen LogP contribution in [0.1, 0.15) is 32.3 Å². The molecule has 19 heavy (non-hydrogen) atoms. The fourth-order valence-corrected chi connectivity index (χ4v) is 1.91. The molecule has 0 spiro atoms. The van der Waals surface area contributed by atoms with E-state index in [4.69, 9.17) is 4.74 Å². The first-order valence-electron chi connectivity index (χ1n) is 7.00. The zero-order valence-corrected chi connectivity index (χ0v) is 11.9. The molecule has 2 nitrogen and oxygen atoms in total. The molecule has 1 aromatic heterocycles. The van der Waals surface area contributed by atoms with Gasteiger partial charge in [-0.25, -0.2) is 0 Å². The van der Waals surface area contributed by atoms with Crippen LogP contribution in [0.3, 0.4) is 0 Å². The minimum Gasteiger partial charge on any atom is -0.490 e. The van der Waals surface area contributed by atoms with E-state index >= 15 is 0 Å². The molecule has 1 aromatic carbocycles. The third kappa shape index (κ3) is 3.82. The summed E-state index contributed by atoms with van der Waals surface area (Å²) in [6.45, 7) is 6.10. The van der Waals surface area contributed by atoms with Gasteiger partial charge in [0.25, 0.3) is 0 Å². The lowest BCUT2D eigenvalue weighted by Gasteiger charge is -2.09. The van der Waals surface area contributed by atoms with Gasteiger partial charge in [0.1, 0.15) is 5.75 Å². The summed E-state index contributed by atoms with van der Waals surface area (Å²) >= 11 is 0. The molecule has 1 aliphatic carbocycles. The monoisotopic (exact) mass is 255 g/mol. The van der Waals surface area contributed by atoms with E-state index in [1.165, 1.54) is 29.5 Å². The third-order valence-electron chi connectivity index (χ3n) is 2.89. The minimum absolute atomic E-state index is 0.446. The highest BCUT2D eigenvalue weighted by Crippen LogP contribution is 2.30. The van der Waals surface area contributed by atoms with E-state index in [0.717, 1.165) is 5.75 Å². The third-order valence-corrected chi connectivity index (χ3v) is 2.89. The van der Waals surface area contributed by atoms with E-state index in [0.29, 0.717) is 6.10 Å². The molecular weight excluding hydrogens is 234 g/mol. The van der Waals surface area contributed by atoms with Gasteiger partial charge < -0.3 is 4.74 Å². The lowest BCUT2D eigenvalue weighted by atomic mass is 10.0. The van der Waals surface area contributed by atoms with Crippen molar-refractivity contribution in [1.29, 1.82) is 0 Å². The van der Waals surface area contributed by atoms with Crippen molar-refractivity contribution in [2.24, 2.45) is 0 Å². The molecular formula is C17H21NO. The highest BCUT2D eigenvalue weighted by Gasteiger charge is 2.23. The number of aryl methyl sites for hydroxylation is 1. The van der Waals surface area contributed by atoms with Crippen molar-refractivity contribution < 1.29 is 4.74 Å². The maximum absolute atomic E-state index is 5.85. The van der Waals surface area contributed by atoms with Gasteiger partial charge in [0, 0.05) is 12.4 Å². The van der Waals surface area contributed by atoms with E-state index in [-0.39, 0.29) is 0 Å². The Balaban J connectivity index is 0.000000637. The van der Waals surface area contributed by atoms with Crippen molar-refractivity contribution >= 4 is 0 Å². The predicted molar refractivity (Wildman–Crippen MR) is 79.4 cm³/mol. The summed E-state index contributed by atoms with van der Waals surface area (Å²) in [4.78, 5) is 4.04. The average Bonchev–Trinajstić information content (AvgIpc) is 3.25. The van der Waals surface area contributed by atoms with Crippen molar-refractivity contribution in [3.05, 3.63) is 48.3 Å². The average molecular weight is 255 g/mol. The van der Waals surface area contributed by atoms with Crippen molar-refractivity contribution in [2.45, 2.75) is 39.7 Å². The lowest BCUT2D eigenvalue weighted by Crippen LogP contribution is -1.96. The zero-order chi connectivity index (χ0) is 13.7. The second-order valence-corrected chi connectivity index (χ2v) is 4.59. The minimum atomic E-state index is 0.446. The van der Waals surface area contributed by atoms with Crippen LogP contribution in [0.4, 0.5) is 0 Å². The topological polar surface area (TPSA) is 22.1 Å². The van der Waals surface area contributed by atoms with Crippen molar-refractivity contribution in [3.63, 3.8) is 0 Å². The van der Waals surface area contributed by atoms with Crippen molar-refractivity contribution in [3.8, 4) is 16.9 Å². The van der Waals surface area contributed by atoms with Crippen LogP contribution in [0.15, 0.2) is 42.7 Å². The lowest BCUT2D eigenvalue weighted by molar-refractivity contribution is 0.303. The summed E-state index contributed by atoms with van der Waals surface area (Å²) in [5, 5.41) is 0. The summed E-state index contributed by atoms with van der Waals surface area (Å²) in [5.74, 6) is 0.985. The number of aromatic nitrogens is 1. The van der Waals surface area contributed by atoms with Crippen LogP contribution >= 0.6 is 0 Å². The van der Waals surface area contributed by atoms with Crippen LogP contribution in [0, 0.1) is 6.92 Å². The molecule has 2 aromatic rings. The number of ether oxygens (including phenoxy) is 1. The molecule has 1 heterocycles. The van der Waals surface area contributed by atoms with Crippen LogP contribution in [0.25, 0.3) is 11.1 Å². The SMILES string of the molecule is CC.Cc1cc(OC2CC2)cc(-c2ccncc2)c1. The molecule has 0 aliphatic heterocycles. The van der Waals surface area contributed by atoms with Gasteiger partial charge in [-0.2, -0.15) is 0 Å². The van der Waals surface area contributed by atoms with Gasteiger partial charge in [-0.05, 0) is 60.7 Å². The van der Waals surface area contributed by atoms with Gasteiger partial charge in [0.2, 0.25) is 0 Å². The largest absolute Gasteiger partial charge is 0.490 e. The van der Waals surface area contributed by atoms with Crippen LogP contribution in [-0.2, 0) is 0 Å². The number of rotatable bonds is 3. The van der Waals surface area contributed by atoms with Gasteiger partial charge in [-0.15, -0.1) is 0 Å². The molecule has 0 N–H and O–H groups in total. The van der Waals surface area contributed by atoms with Gasteiger partial charge in [0.15, 0.2) is 0 Å². The summed E-state index contributed by atoms with van der Waals surface area (Å²) in [7, 11) is 0. The Morgan fingerprint density at radius 1 is 1.00 bits per heavy atom. The molecule has 3 rings (SSSR count). The second-order valence-electron chi connectivity index (χ2n) is 4.59. The fourth-order valence-electron chi connectivity index (χ4n) is 1.91. The summed E-state index contributed by atoms with van der Waals surface area (Å²) in [6, 6.07) is 10.4. The highest BCUT2D eigenvalue weighted by atomic mass is 16.5. The smallest absolute Gasteiger partial charge is 0.120 e. The zero-order valence-electron chi connectivity index (χ0n) is 11.9. The molecule has 100 valence electrons. The first-order chi connectivity index (χ1) is 9.31. The molecule has 2 heteroatoms. The Kier molecular flexibility index (Phi) is 4.56. The Bertz CT molecular complexity index is 518. The molecule has 1 fully saturated rings. The van der Waals surface area contributed by atoms with Gasteiger partial charge >= 0.3 is 0 Å². The first kappa shape index (κ1) is 13.6. The molecule has 0 amide bonds. The molecule has 1 aliphatic rings. The predicted octanol–water partition coefficient (Wildman–Crippen LogP) is 4.62. The molecule has 0 bridgehead atoms. The van der Waals surface area contributed by atoms with Crippen molar-refractivity contribution in [1.82, 2.24) is 4.98 Å². The Morgan fingerprint density at radius 2 is 1.68 bits per heavy atom. The number of nitrogens with zero attached hydrogens (tertiary/aromatic N) is 1. The second kappa shape index (κ2) is 6.37. The molecule has 1 saturated carbocycles. The van der Waals surface area contributed by atoms with Crippen molar-refractivity contribution in [2.75, 3.05) is 0 Å². The maximum Gasteiger partial charge on any atom is 0.120 e. The van der Waals surface area contributed by atoms with E-state index in [9.17, 15) is 0 Å². The van der Waals surface area contributed by atoms with Gasteiger partial charge in [0.05, 0.1) is 6.10 Å². The number of pyridine rings is 1. The summed E-state index contributed by atoms with van der Waals surface area (Å²) in [5.41, 5.74) is 3.61. The summed E-state index contributed by atoms with van der Waals surface area (Å²) < 4.78 is 5.85. The Hall–Kier alpha value is -1.83. The van der Waals surface area contributed by atoms with Crippen LogP contribution < -0.4 is 4.74 Å². The first-order valence-corrected chi connectivity index (χ1v) is 7.00. The van der Waals surface area contributed by atoms with Gasteiger partial charge in [-0.1, -0.05) is 19.9 Å². The molecule has 0 atom stereocenters. The Morgan fingerprint density at radius 3 is 2.32 bits per heavy atom. The normalized spacial score (nSPS) is 13.4. The van der Waals surface area contributed by atoms with Crippen LogP contribution in [0.5, 0.6) is 5.75 Å². The van der Waals surface area contributed by atoms with Gasteiger partial charge in [-0.3, -0.25) is 4.98 Å². The Labute approximate surface area is 115 Å². The highest BCUT2D eigenvalue weighted by molar-refractivity contribution is 5.65. The maximum atomic E-state index is 5.85. The quantitative estimate of drug-likeness (QED) is 0.798. The fraction of sp³-hybridized carbons (Fsp3) is 0.353. The van der Waals surface area contributed by atoms with E-state index in [2.05, 4.69) is 30.1 Å².